The Bertz CT molecular complexity index is 19.3. The summed E-state index contributed by atoms with van der Waals surface area (Å²) in [6, 6.07) is 0. The molecule has 0 fully saturated rings. The van der Waals surface area contributed by atoms with Crippen molar-refractivity contribution in [2.24, 2.45) is 0 Å². The topological polar surface area (TPSA) is 40.5 Å². The van der Waals surface area contributed by atoms with E-state index >= 15 is 0 Å². The van der Waals surface area contributed by atoms with Gasteiger partial charge in [0.2, 0.25) is 0 Å². The molecule has 0 heterocycles. The van der Waals surface area contributed by atoms with Gasteiger partial charge in [0.1, 0.15) is 6.29 Å². The average Bonchev–Trinajstić information content (AvgIpc) is 1.33. The van der Waals surface area contributed by atoms with Crippen LogP contribution in [0.2, 0.25) is 0 Å². The number of aliphatic hydroxyl groups is 2. The molecule has 2 N–H and O–H groups in total. The van der Waals surface area contributed by atoms with Crippen LogP contribution in [0.1, 0.15) is 71.8 Å². The van der Waals surface area contributed by atoms with Crippen LogP contribution in [0.3, 0.4) is 0 Å². The third-order valence-corrected chi connectivity index (χ3v) is 0. The molecule has 0 bridgehead atoms. The highest BCUT2D eigenvalue weighted by Gasteiger charge is 1.70. The molecule has 0 aliphatic heterocycles. The van der Waals surface area contributed by atoms with E-state index in [1.165, 1.54) is 13.3 Å². The maximum absolute atomic E-state index is 7.61. The first-order chi connectivity index (χ1) is 3.15. The summed E-state index contributed by atoms with van der Waals surface area (Å²) >= 11 is 0. The van der Waals surface area contributed by atoms with Gasteiger partial charge in [-0.1, -0.05) is 64.8 Å². The highest BCUT2D eigenvalue weighted by molar-refractivity contribution is 4.02. The third kappa shape index (κ3) is 183000. The molecule has 0 aromatic rings. The van der Waals surface area contributed by atoms with Crippen LogP contribution in [0, 0.1) is 0 Å². The Hall–Kier alpha value is -0.0800. The quantitative estimate of drug-likeness (QED) is 0.566. The molecule has 0 unspecified atom stereocenters. The minimum atomic E-state index is -1.17. The van der Waals surface area contributed by atoms with E-state index in [1.54, 1.807) is 0 Å². The van der Waals surface area contributed by atoms with Crippen LogP contribution in [0.5, 0.6) is 0 Å². The van der Waals surface area contributed by atoms with Crippen molar-refractivity contribution in [1.82, 2.24) is 0 Å². The van der Waals surface area contributed by atoms with Crippen molar-refractivity contribution in [2.45, 2.75) is 78.0 Å². The summed E-state index contributed by atoms with van der Waals surface area (Å²) in [5, 5.41) is 15.2. The van der Waals surface area contributed by atoms with Crippen molar-refractivity contribution in [3.8, 4) is 0 Å². The largest absolute Gasteiger partial charge is 0.368 e. The van der Waals surface area contributed by atoms with Crippen LogP contribution in [0.25, 0.3) is 0 Å². The second-order valence-corrected chi connectivity index (χ2v) is 1.34. The summed E-state index contributed by atoms with van der Waals surface area (Å²) in [5.41, 5.74) is 0. The molecule has 0 spiro atoms. The normalized spacial score (nSPS) is 4.15. The van der Waals surface area contributed by atoms with Crippen molar-refractivity contribution in [2.75, 3.05) is 0 Å². The highest BCUT2D eigenvalue weighted by Crippen LogP contribution is 1.57. The van der Waals surface area contributed by atoms with Crippen LogP contribution in [-0.4, -0.2) is 16.5 Å². The Morgan fingerprint density at radius 3 is 0.769 bits per heavy atom. The monoisotopic (exact) mass is 202 g/mol. The fourth-order valence-electron chi connectivity index (χ4n) is 0. The smallest absolute Gasteiger partial charge is 0.148 e. The lowest BCUT2D eigenvalue weighted by molar-refractivity contribution is -0.0228. The fourth-order valence-corrected chi connectivity index (χ4v) is 0. The predicted molar refractivity (Wildman–Crippen MR) is 70.3 cm³/mol. The molecule has 13 heavy (non-hydrogen) atoms. The standard InChI is InChI=1S/C3H8.C2H6O2.6CH4/c1-3-2;1-2(3)4;;;;;;/h3H2,1-2H3;2-4H,1H3;6*1H4. The van der Waals surface area contributed by atoms with Crippen LogP contribution in [0.4, 0.5) is 0 Å². The molecule has 0 aliphatic carbocycles. The van der Waals surface area contributed by atoms with E-state index in [2.05, 4.69) is 13.8 Å². The Balaban J connectivity index is -0.00000000444. The molecule has 0 atom stereocenters. The van der Waals surface area contributed by atoms with Gasteiger partial charge in [0.15, 0.2) is 0 Å². The maximum atomic E-state index is 7.61. The number of hydrogen-bond donors (Lipinski definition) is 2. The summed E-state index contributed by atoms with van der Waals surface area (Å²) in [6.45, 7) is 5.53. The van der Waals surface area contributed by atoms with Crippen LogP contribution >= 0.6 is 0 Å². The molecule has 0 aromatic heterocycles. The lowest BCUT2D eigenvalue weighted by atomic mass is 10.6. The van der Waals surface area contributed by atoms with Gasteiger partial charge in [0.05, 0.1) is 0 Å². The van der Waals surface area contributed by atoms with Gasteiger partial charge >= 0.3 is 0 Å². The summed E-state index contributed by atoms with van der Waals surface area (Å²) < 4.78 is 0. The first-order valence-corrected chi connectivity index (χ1v) is 2.51. The van der Waals surface area contributed by atoms with E-state index in [1.807, 2.05) is 0 Å². The molecule has 2 heteroatoms. The SMILES string of the molecule is C.C.C.C.C.C.CC(O)O.CCC. The molecule has 0 rings (SSSR count). The molecular weight excluding hydrogens is 164 g/mol. The van der Waals surface area contributed by atoms with E-state index in [-0.39, 0.29) is 44.6 Å². The van der Waals surface area contributed by atoms with Gasteiger partial charge in [-0.2, -0.15) is 0 Å². The van der Waals surface area contributed by atoms with Crippen LogP contribution in [0.15, 0.2) is 0 Å². The average molecular weight is 202 g/mol. The zero-order valence-electron chi connectivity index (χ0n) is 5.18. The van der Waals surface area contributed by atoms with Gasteiger partial charge < -0.3 is 10.2 Å². The number of hydrogen-bond acceptors (Lipinski definition) is 2. The van der Waals surface area contributed by atoms with Gasteiger partial charge in [-0.15, -0.1) is 0 Å². The summed E-state index contributed by atoms with van der Waals surface area (Å²) in [7, 11) is 0. The Morgan fingerprint density at radius 2 is 0.769 bits per heavy atom. The highest BCUT2D eigenvalue weighted by atomic mass is 16.5. The Labute approximate surface area is 89.0 Å². The minimum Gasteiger partial charge on any atom is -0.368 e. The third-order valence-electron chi connectivity index (χ3n) is 0. The molecule has 0 aliphatic rings. The first kappa shape index (κ1) is 75.8. The van der Waals surface area contributed by atoms with Gasteiger partial charge in [-0.25, -0.2) is 0 Å². The van der Waals surface area contributed by atoms with Gasteiger partial charge in [-0.3, -0.25) is 0 Å². The summed E-state index contributed by atoms with van der Waals surface area (Å²) in [4.78, 5) is 0. The van der Waals surface area contributed by atoms with E-state index < -0.39 is 6.29 Å². The van der Waals surface area contributed by atoms with Gasteiger partial charge in [-0.05, 0) is 6.92 Å². The molecule has 0 amide bonds. The molecule has 0 aromatic carbocycles. The van der Waals surface area contributed by atoms with Crippen molar-refractivity contribution in [3.05, 3.63) is 0 Å². The van der Waals surface area contributed by atoms with Gasteiger partial charge in [0.25, 0.3) is 0 Å². The van der Waals surface area contributed by atoms with Crippen LogP contribution in [-0.2, 0) is 0 Å². The van der Waals surface area contributed by atoms with Gasteiger partial charge in [0, 0.05) is 0 Å². The first-order valence-electron chi connectivity index (χ1n) is 2.51. The predicted octanol–water partition coefficient (Wildman–Crippen LogP) is 4.55. The second kappa shape index (κ2) is 92.5. The second-order valence-electron chi connectivity index (χ2n) is 1.34. The van der Waals surface area contributed by atoms with Crippen LogP contribution < -0.4 is 0 Å². The fraction of sp³-hybridized carbons (Fsp3) is 1.00. The maximum Gasteiger partial charge on any atom is 0.148 e. The van der Waals surface area contributed by atoms with E-state index in [0.29, 0.717) is 0 Å². The summed E-state index contributed by atoms with van der Waals surface area (Å²) in [5.74, 6) is 0. The molecule has 0 saturated heterocycles. The van der Waals surface area contributed by atoms with E-state index in [4.69, 9.17) is 10.2 Å². The van der Waals surface area contributed by atoms with Crippen molar-refractivity contribution in [1.29, 1.82) is 0 Å². The zero-order chi connectivity index (χ0) is 6.28. The van der Waals surface area contributed by atoms with Crippen molar-refractivity contribution in [3.63, 3.8) is 0 Å². The molecule has 2 nitrogen and oxygen atoms in total. The number of aliphatic hydroxyl groups excluding tert-OH is 1. The Morgan fingerprint density at radius 1 is 0.769 bits per heavy atom. The molecular formula is C11H38O2. The molecule has 0 radical (unpaired) electrons. The number of rotatable bonds is 0. The lowest BCUT2D eigenvalue weighted by Gasteiger charge is -1.80. The Kier molecular flexibility index (Phi) is 540. The minimum absolute atomic E-state index is 0. The lowest BCUT2D eigenvalue weighted by Crippen LogP contribution is -1.92. The zero-order valence-corrected chi connectivity index (χ0v) is 5.18. The molecule has 94 valence electrons. The summed E-state index contributed by atoms with van der Waals surface area (Å²) in [6.07, 6.45) is 0.0833. The van der Waals surface area contributed by atoms with Crippen molar-refractivity contribution >= 4 is 0 Å². The van der Waals surface area contributed by atoms with Crippen molar-refractivity contribution < 1.29 is 10.2 Å². The van der Waals surface area contributed by atoms with E-state index in [9.17, 15) is 0 Å². The van der Waals surface area contributed by atoms with E-state index in [0.717, 1.165) is 0 Å². The molecule has 0 saturated carbocycles.